The molecule has 2 rings (SSSR count). The first-order valence-corrected chi connectivity index (χ1v) is 6.58. The summed E-state index contributed by atoms with van der Waals surface area (Å²) in [6.45, 7) is 1.73. The van der Waals surface area contributed by atoms with Crippen LogP contribution in [0.25, 0.3) is 0 Å². The van der Waals surface area contributed by atoms with Crippen molar-refractivity contribution in [1.82, 2.24) is 0 Å². The van der Waals surface area contributed by atoms with E-state index >= 15 is 0 Å². The lowest BCUT2D eigenvalue weighted by Gasteiger charge is -2.09. The normalized spacial score (nSPS) is 10.2. The first kappa shape index (κ1) is 15.9. The Morgan fingerprint density at radius 3 is 2.23 bits per heavy atom. The number of hydrogen-bond donors (Lipinski definition) is 2. The molecule has 0 aliphatic carbocycles. The smallest absolute Gasteiger partial charge is 0.314 e. The largest absolute Gasteiger partial charge is 0.317 e. The SMILES string of the molecule is Cc1ccc(Cl)cc1NC(=O)C(=O)Nc1ccc(F)cc1F. The highest BCUT2D eigenvalue weighted by molar-refractivity contribution is 6.43. The Labute approximate surface area is 130 Å². The molecule has 0 spiro atoms. The number of anilines is 2. The average molecular weight is 325 g/mol. The van der Waals surface area contributed by atoms with Gasteiger partial charge in [0.1, 0.15) is 11.6 Å². The van der Waals surface area contributed by atoms with Crippen LogP contribution in [0.4, 0.5) is 20.2 Å². The standard InChI is InChI=1S/C15H11ClF2N2O2/c1-8-2-3-9(16)6-13(8)20-15(22)14(21)19-12-5-4-10(17)7-11(12)18/h2-7H,1H3,(H,19,21)(H,20,22). The number of carbonyl (C=O) groups is 2. The van der Waals surface area contributed by atoms with Gasteiger partial charge in [-0.1, -0.05) is 17.7 Å². The van der Waals surface area contributed by atoms with E-state index in [4.69, 9.17) is 11.6 Å². The number of carbonyl (C=O) groups excluding carboxylic acids is 2. The van der Waals surface area contributed by atoms with Gasteiger partial charge in [0.25, 0.3) is 0 Å². The van der Waals surface area contributed by atoms with Gasteiger partial charge >= 0.3 is 11.8 Å². The zero-order valence-electron chi connectivity index (χ0n) is 11.4. The summed E-state index contributed by atoms with van der Waals surface area (Å²) in [5.74, 6) is -3.83. The van der Waals surface area contributed by atoms with Gasteiger partial charge in [-0.2, -0.15) is 0 Å². The highest BCUT2D eigenvalue weighted by atomic mass is 35.5. The molecule has 0 saturated carbocycles. The second kappa shape index (κ2) is 6.53. The number of benzene rings is 2. The summed E-state index contributed by atoms with van der Waals surface area (Å²) >= 11 is 5.81. The quantitative estimate of drug-likeness (QED) is 0.831. The molecule has 0 aliphatic heterocycles. The molecular formula is C15H11ClF2N2O2. The summed E-state index contributed by atoms with van der Waals surface area (Å²) in [6.07, 6.45) is 0. The van der Waals surface area contributed by atoms with Gasteiger partial charge < -0.3 is 10.6 Å². The Bertz CT molecular complexity index is 750. The van der Waals surface area contributed by atoms with Gasteiger partial charge in [0.05, 0.1) is 5.69 Å². The summed E-state index contributed by atoms with van der Waals surface area (Å²) in [6, 6.07) is 7.41. The van der Waals surface area contributed by atoms with Gasteiger partial charge in [-0.3, -0.25) is 9.59 Å². The minimum absolute atomic E-state index is 0.288. The van der Waals surface area contributed by atoms with Gasteiger partial charge in [-0.25, -0.2) is 8.78 Å². The maximum atomic E-state index is 13.4. The lowest BCUT2D eigenvalue weighted by Crippen LogP contribution is -2.29. The topological polar surface area (TPSA) is 58.2 Å². The fraction of sp³-hybridized carbons (Fsp3) is 0.0667. The zero-order chi connectivity index (χ0) is 16.3. The van der Waals surface area contributed by atoms with E-state index in [9.17, 15) is 18.4 Å². The zero-order valence-corrected chi connectivity index (χ0v) is 12.2. The molecule has 2 amide bonds. The number of aryl methyl sites for hydroxylation is 1. The second-order valence-corrected chi connectivity index (χ2v) is 4.93. The van der Waals surface area contributed by atoms with Crippen LogP contribution in [0.3, 0.4) is 0 Å². The predicted molar refractivity (Wildman–Crippen MR) is 79.8 cm³/mol. The van der Waals surface area contributed by atoms with Crippen LogP contribution in [-0.4, -0.2) is 11.8 Å². The minimum Gasteiger partial charge on any atom is -0.317 e. The number of halogens is 3. The van der Waals surface area contributed by atoms with Gasteiger partial charge in [0, 0.05) is 16.8 Å². The predicted octanol–water partition coefficient (Wildman–Crippen LogP) is 3.50. The molecule has 22 heavy (non-hydrogen) atoms. The summed E-state index contributed by atoms with van der Waals surface area (Å²) in [5.41, 5.74) is 0.787. The van der Waals surface area contributed by atoms with Gasteiger partial charge in [0.15, 0.2) is 0 Å². The minimum atomic E-state index is -1.08. The molecular weight excluding hydrogens is 314 g/mol. The molecule has 0 aliphatic rings. The molecule has 0 aromatic heterocycles. The monoisotopic (exact) mass is 324 g/mol. The number of nitrogens with one attached hydrogen (secondary N) is 2. The summed E-state index contributed by atoms with van der Waals surface area (Å²) in [5, 5.41) is 4.83. The Balaban J connectivity index is 2.09. The maximum Gasteiger partial charge on any atom is 0.314 e. The van der Waals surface area contributed by atoms with Crippen LogP contribution in [0.1, 0.15) is 5.56 Å². The van der Waals surface area contributed by atoms with Crippen LogP contribution in [0.2, 0.25) is 5.02 Å². The fourth-order valence-corrected chi connectivity index (χ4v) is 1.85. The summed E-state index contributed by atoms with van der Waals surface area (Å²) < 4.78 is 26.2. The van der Waals surface area contributed by atoms with Gasteiger partial charge in [-0.05, 0) is 36.8 Å². The number of hydrogen-bond acceptors (Lipinski definition) is 2. The maximum absolute atomic E-state index is 13.4. The Kier molecular flexibility index (Phi) is 4.72. The van der Waals surface area contributed by atoms with Crippen molar-refractivity contribution in [2.45, 2.75) is 6.92 Å². The molecule has 7 heteroatoms. The van der Waals surface area contributed by atoms with E-state index in [1.807, 2.05) is 0 Å². The molecule has 2 aromatic rings. The molecule has 0 saturated heterocycles. The van der Waals surface area contributed by atoms with Crippen LogP contribution < -0.4 is 10.6 Å². The van der Waals surface area contributed by atoms with Crippen molar-refractivity contribution in [2.24, 2.45) is 0 Å². The van der Waals surface area contributed by atoms with Crippen LogP contribution in [0.15, 0.2) is 36.4 Å². The van der Waals surface area contributed by atoms with Crippen molar-refractivity contribution in [3.05, 3.63) is 58.6 Å². The average Bonchev–Trinajstić information content (AvgIpc) is 2.45. The number of rotatable bonds is 2. The van der Waals surface area contributed by atoms with Crippen LogP contribution in [-0.2, 0) is 9.59 Å². The van der Waals surface area contributed by atoms with E-state index in [0.29, 0.717) is 22.3 Å². The Morgan fingerprint density at radius 1 is 0.955 bits per heavy atom. The van der Waals surface area contributed by atoms with Gasteiger partial charge in [-0.15, -0.1) is 0 Å². The van der Waals surface area contributed by atoms with Crippen LogP contribution in [0.5, 0.6) is 0 Å². The van der Waals surface area contributed by atoms with Crippen LogP contribution >= 0.6 is 11.6 Å². The summed E-state index contributed by atoms with van der Waals surface area (Å²) in [7, 11) is 0. The second-order valence-electron chi connectivity index (χ2n) is 4.49. The summed E-state index contributed by atoms with van der Waals surface area (Å²) in [4.78, 5) is 23.5. The van der Waals surface area contributed by atoms with Crippen molar-refractivity contribution in [3.8, 4) is 0 Å². The molecule has 0 unspecified atom stereocenters. The molecule has 0 radical (unpaired) electrons. The Hall–Kier alpha value is -2.47. The van der Waals surface area contributed by atoms with Crippen molar-refractivity contribution in [2.75, 3.05) is 10.6 Å². The van der Waals surface area contributed by atoms with Gasteiger partial charge in [0.2, 0.25) is 0 Å². The first-order chi connectivity index (χ1) is 10.4. The van der Waals surface area contributed by atoms with E-state index in [2.05, 4.69) is 10.6 Å². The molecule has 4 nitrogen and oxygen atoms in total. The van der Waals surface area contributed by atoms with E-state index in [1.54, 1.807) is 19.1 Å². The third kappa shape index (κ3) is 3.79. The molecule has 0 heterocycles. The molecule has 2 N–H and O–H groups in total. The highest BCUT2D eigenvalue weighted by Crippen LogP contribution is 2.20. The van der Waals surface area contributed by atoms with Crippen molar-refractivity contribution in [3.63, 3.8) is 0 Å². The van der Waals surface area contributed by atoms with Crippen molar-refractivity contribution < 1.29 is 18.4 Å². The molecule has 2 aromatic carbocycles. The first-order valence-electron chi connectivity index (χ1n) is 6.20. The fourth-order valence-electron chi connectivity index (χ4n) is 1.68. The molecule has 0 fully saturated rings. The number of amides is 2. The van der Waals surface area contributed by atoms with Crippen molar-refractivity contribution >= 4 is 34.8 Å². The van der Waals surface area contributed by atoms with Crippen molar-refractivity contribution in [1.29, 1.82) is 0 Å². The molecule has 0 atom stereocenters. The van der Waals surface area contributed by atoms with E-state index in [1.165, 1.54) is 6.07 Å². The van der Waals surface area contributed by atoms with E-state index in [-0.39, 0.29) is 5.69 Å². The molecule has 0 bridgehead atoms. The van der Waals surface area contributed by atoms with Crippen LogP contribution in [0, 0.1) is 18.6 Å². The Morgan fingerprint density at radius 2 is 1.59 bits per heavy atom. The lowest BCUT2D eigenvalue weighted by atomic mass is 10.2. The third-order valence-electron chi connectivity index (χ3n) is 2.83. The molecule has 114 valence electrons. The van der Waals surface area contributed by atoms with E-state index in [0.717, 1.165) is 12.1 Å². The highest BCUT2D eigenvalue weighted by Gasteiger charge is 2.17. The lowest BCUT2D eigenvalue weighted by molar-refractivity contribution is -0.133. The van der Waals surface area contributed by atoms with E-state index < -0.39 is 23.4 Å². The third-order valence-corrected chi connectivity index (χ3v) is 3.07.